The van der Waals surface area contributed by atoms with Crippen LogP contribution in [-0.2, 0) is 10.0 Å². The van der Waals surface area contributed by atoms with E-state index in [0.717, 1.165) is 16.5 Å². The molecule has 3 aromatic carbocycles. The molecule has 7 heteroatoms. The van der Waals surface area contributed by atoms with Gasteiger partial charge in [-0.15, -0.1) is 0 Å². The Morgan fingerprint density at radius 2 is 1.83 bits per heavy atom. The van der Waals surface area contributed by atoms with E-state index in [0.29, 0.717) is 17.7 Å². The van der Waals surface area contributed by atoms with Crippen LogP contribution in [0.15, 0.2) is 65.6 Å². The van der Waals surface area contributed by atoms with E-state index in [1.807, 2.05) is 49.4 Å². The fourth-order valence-corrected chi connectivity index (χ4v) is 3.97. The van der Waals surface area contributed by atoms with Gasteiger partial charge in [0.05, 0.1) is 11.0 Å². The second-order valence-electron chi connectivity index (χ2n) is 7.18. The summed E-state index contributed by atoms with van der Waals surface area (Å²) in [6.07, 6.45) is -0.865. The second-order valence-corrected chi connectivity index (χ2v) is 8.71. The van der Waals surface area contributed by atoms with Gasteiger partial charge < -0.3 is 15.2 Å². The summed E-state index contributed by atoms with van der Waals surface area (Å²) in [6, 6.07) is 18.7. The van der Waals surface area contributed by atoms with Crippen LogP contribution in [0, 0.1) is 6.92 Å². The number of benzene rings is 3. The molecule has 2 unspecified atom stereocenters. The van der Waals surface area contributed by atoms with E-state index < -0.39 is 16.1 Å². The van der Waals surface area contributed by atoms with Gasteiger partial charge >= 0.3 is 0 Å². The number of hydrogen-bond donors (Lipinski definition) is 3. The molecule has 0 aliphatic heterocycles. The van der Waals surface area contributed by atoms with Gasteiger partial charge in [0.2, 0.25) is 10.0 Å². The highest BCUT2D eigenvalue weighted by molar-refractivity contribution is 7.89. The number of nitrogens with one attached hydrogen (secondary N) is 1. The molecule has 154 valence electrons. The Bertz CT molecular complexity index is 1090. The molecule has 0 bridgehead atoms. The Morgan fingerprint density at radius 1 is 1.10 bits per heavy atom. The molecule has 0 spiro atoms. The number of sulfonamides is 1. The van der Waals surface area contributed by atoms with Gasteiger partial charge in [-0.3, -0.25) is 0 Å². The number of fused-ring (bicyclic) bond motifs is 1. The normalized spacial score (nSPS) is 13.9. The largest absolute Gasteiger partial charge is 0.491 e. The second kappa shape index (κ2) is 8.92. The van der Waals surface area contributed by atoms with Gasteiger partial charge in [-0.1, -0.05) is 48.5 Å². The Hall–Kier alpha value is -2.45. The van der Waals surface area contributed by atoms with Crippen molar-refractivity contribution in [3.8, 4) is 5.75 Å². The molecule has 3 rings (SSSR count). The first-order valence-electron chi connectivity index (χ1n) is 9.41. The van der Waals surface area contributed by atoms with Crippen LogP contribution >= 0.6 is 0 Å². The number of ether oxygens (including phenoxy) is 1. The van der Waals surface area contributed by atoms with E-state index in [1.165, 1.54) is 6.07 Å². The van der Waals surface area contributed by atoms with Crippen molar-refractivity contribution in [2.24, 2.45) is 5.14 Å². The highest BCUT2D eigenvalue weighted by Gasteiger charge is 2.16. The average molecular weight is 415 g/mol. The van der Waals surface area contributed by atoms with Crippen LogP contribution in [0.25, 0.3) is 10.8 Å². The van der Waals surface area contributed by atoms with E-state index >= 15 is 0 Å². The van der Waals surface area contributed by atoms with Crippen LogP contribution in [-0.4, -0.2) is 32.7 Å². The van der Waals surface area contributed by atoms with E-state index in [-0.39, 0.29) is 17.5 Å². The number of aliphatic hydroxyl groups excluding tert-OH is 1. The van der Waals surface area contributed by atoms with E-state index in [1.54, 1.807) is 19.1 Å². The molecule has 3 aromatic rings. The van der Waals surface area contributed by atoms with Gasteiger partial charge in [-0.2, -0.15) is 0 Å². The quantitative estimate of drug-likeness (QED) is 0.526. The summed E-state index contributed by atoms with van der Waals surface area (Å²) in [4.78, 5) is 0.0291. The highest BCUT2D eigenvalue weighted by atomic mass is 32.2. The fraction of sp³-hybridized carbons (Fsp3) is 0.273. The molecule has 29 heavy (non-hydrogen) atoms. The van der Waals surface area contributed by atoms with Gasteiger partial charge in [0.1, 0.15) is 12.4 Å². The molecule has 0 amide bonds. The minimum atomic E-state index is -3.83. The Labute approximate surface area is 171 Å². The minimum absolute atomic E-state index is 0.0215. The highest BCUT2D eigenvalue weighted by Crippen LogP contribution is 2.25. The zero-order valence-corrected chi connectivity index (χ0v) is 17.3. The zero-order chi connectivity index (χ0) is 21.0. The predicted octanol–water partition coefficient (Wildman–Crippen LogP) is 2.89. The standard InChI is InChI=1S/C22H26N2O4S/c1-15-10-11-18(12-22(15)29(23,26)27)20(25)13-24-16(2)14-28-21-9-5-7-17-6-3-4-8-19(17)21/h3-12,16,20,24-25H,13-14H2,1-2H3,(H2,23,26,27). The van der Waals surface area contributed by atoms with Gasteiger partial charge in [0.25, 0.3) is 0 Å². The summed E-state index contributed by atoms with van der Waals surface area (Å²) in [5, 5.41) is 21.1. The third kappa shape index (κ3) is 5.33. The Kier molecular flexibility index (Phi) is 6.54. The van der Waals surface area contributed by atoms with Crippen molar-refractivity contribution in [1.82, 2.24) is 5.32 Å². The van der Waals surface area contributed by atoms with Crippen LogP contribution in [0.4, 0.5) is 0 Å². The first kappa shape index (κ1) is 21.3. The van der Waals surface area contributed by atoms with E-state index in [2.05, 4.69) is 5.32 Å². The van der Waals surface area contributed by atoms with Crippen molar-refractivity contribution in [3.63, 3.8) is 0 Å². The fourth-order valence-electron chi connectivity index (χ4n) is 3.16. The lowest BCUT2D eigenvalue weighted by Gasteiger charge is -2.19. The maximum atomic E-state index is 11.7. The molecule has 0 aliphatic carbocycles. The zero-order valence-electron chi connectivity index (χ0n) is 16.5. The van der Waals surface area contributed by atoms with Crippen molar-refractivity contribution in [1.29, 1.82) is 0 Å². The lowest BCUT2D eigenvalue weighted by molar-refractivity contribution is 0.163. The SMILES string of the molecule is Cc1ccc(C(O)CNC(C)COc2cccc3ccccc23)cc1S(N)(=O)=O. The van der Waals surface area contributed by atoms with Crippen LogP contribution < -0.4 is 15.2 Å². The first-order valence-corrected chi connectivity index (χ1v) is 11.0. The van der Waals surface area contributed by atoms with Crippen molar-refractivity contribution >= 4 is 20.8 Å². The summed E-state index contributed by atoms with van der Waals surface area (Å²) >= 11 is 0. The Balaban J connectivity index is 1.58. The van der Waals surface area contributed by atoms with Crippen molar-refractivity contribution in [3.05, 3.63) is 71.8 Å². The van der Waals surface area contributed by atoms with E-state index in [9.17, 15) is 13.5 Å². The molecule has 0 fully saturated rings. The molecule has 0 aromatic heterocycles. The number of nitrogens with two attached hydrogens (primary N) is 1. The van der Waals surface area contributed by atoms with Crippen molar-refractivity contribution in [2.45, 2.75) is 30.9 Å². The number of aliphatic hydroxyl groups is 1. The molecule has 0 saturated carbocycles. The van der Waals surface area contributed by atoms with Crippen LogP contribution in [0.1, 0.15) is 24.2 Å². The number of hydrogen-bond acceptors (Lipinski definition) is 5. The molecule has 4 N–H and O–H groups in total. The monoisotopic (exact) mass is 414 g/mol. The maximum absolute atomic E-state index is 11.7. The summed E-state index contributed by atoms with van der Waals surface area (Å²) < 4.78 is 29.3. The molecule has 0 heterocycles. The number of aryl methyl sites for hydroxylation is 1. The third-order valence-corrected chi connectivity index (χ3v) is 5.85. The molecule has 0 radical (unpaired) electrons. The summed E-state index contributed by atoms with van der Waals surface area (Å²) in [5.74, 6) is 0.814. The number of rotatable bonds is 8. The summed E-state index contributed by atoms with van der Waals surface area (Å²) in [7, 11) is -3.83. The Morgan fingerprint density at radius 3 is 2.59 bits per heavy atom. The topological polar surface area (TPSA) is 102 Å². The van der Waals surface area contributed by atoms with Gasteiger partial charge in [0.15, 0.2) is 0 Å². The molecular formula is C22H26N2O4S. The average Bonchev–Trinajstić information content (AvgIpc) is 2.69. The van der Waals surface area contributed by atoms with Crippen molar-refractivity contribution in [2.75, 3.05) is 13.2 Å². The summed E-state index contributed by atoms with van der Waals surface area (Å²) in [6.45, 7) is 4.31. The minimum Gasteiger partial charge on any atom is -0.491 e. The number of primary sulfonamides is 1. The van der Waals surface area contributed by atoms with Gasteiger partial charge in [-0.05, 0) is 42.5 Å². The molecule has 6 nitrogen and oxygen atoms in total. The first-order chi connectivity index (χ1) is 13.8. The predicted molar refractivity (Wildman–Crippen MR) is 114 cm³/mol. The maximum Gasteiger partial charge on any atom is 0.238 e. The molecular weight excluding hydrogens is 388 g/mol. The summed E-state index contributed by atoms with van der Waals surface area (Å²) in [5.41, 5.74) is 1.04. The smallest absolute Gasteiger partial charge is 0.238 e. The van der Waals surface area contributed by atoms with Crippen LogP contribution in [0.5, 0.6) is 5.75 Å². The van der Waals surface area contributed by atoms with E-state index in [4.69, 9.17) is 9.88 Å². The van der Waals surface area contributed by atoms with Gasteiger partial charge in [-0.25, -0.2) is 13.6 Å². The third-order valence-electron chi connectivity index (χ3n) is 4.80. The lowest BCUT2D eigenvalue weighted by atomic mass is 10.1. The lowest BCUT2D eigenvalue weighted by Crippen LogP contribution is -2.35. The van der Waals surface area contributed by atoms with Crippen LogP contribution in [0.3, 0.4) is 0 Å². The molecule has 0 aliphatic rings. The van der Waals surface area contributed by atoms with Crippen molar-refractivity contribution < 1.29 is 18.3 Å². The van der Waals surface area contributed by atoms with Crippen LogP contribution in [0.2, 0.25) is 0 Å². The molecule has 0 saturated heterocycles. The molecule has 2 atom stereocenters. The van der Waals surface area contributed by atoms with Gasteiger partial charge in [0, 0.05) is 18.0 Å².